The molecule has 0 saturated heterocycles. The van der Waals surface area contributed by atoms with E-state index in [9.17, 15) is 0 Å². The van der Waals surface area contributed by atoms with E-state index in [1.54, 1.807) is 0 Å². The van der Waals surface area contributed by atoms with Crippen LogP contribution >= 0.6 is 15.9 Å². The molecule has 0 atom stereocenters. The minimum absolute atomic E-state index is 0.366. The molecule has 0 fully saturated rings. The zero-order valence-electron chi connectivity index (χ0n) is 11.0. The van der Waals surface area contributed by atoms with E-state index in [0.29, 0.717) is 6.61 Å². The molecule has 0 aromatic heterocycles. The number of alkyl halides is 1. The molecule has 0 amide bonds. The minimum atomic E-state index is -0.833. The maximum atomic E-state index is 9.00. The van der Waals surface area contributed by atoms with Crippen molar-refractivity contribution in [2.75, 3.05) is 11.9 Å². The molecule has 104 valence electrons. The fraction of sp³-hybridized carbons (Fsp3) is 0.923. The van der Waals surface area contributed by atoms with E-state index in [1.165, 1.54) is 51.4 Å². The van der Waals surface area contributed by atoms with Gasteiger partial charge in [-0.25, -0.2) is 0 Å². The van der Waals surface area contributed by atoms with Gasteiger partial charge in [0.15, 0.2) is 0 Å². The Morgan fingerprint density at radius 1 is 0.882 bits per heavy atom. The van der Waals surface area contributed by atoms with Gasteiger partial charge in [-0.15, -0.1) is 0 Å². The highest BCUT2D eigenvalue weighted by Crippen LogP contribution is 2.09. The first-order valence-corrected chi connectivity index (χ1v) is 7.63. The first-order valence-electron chi connectivity index (χ1n) is 6.51. The number of hydrogen-bond acceptors (Lipinski definition) is 2. The lowest BCUT2D eigenvalue weighted by molar-refractivity contribution is -0.134. The second-order valence-electron chi connectivity index (χ2n) is 4.11. The molecule has 0 bridgehead atoms. The SMILES string of the molecule is CC(=O)O.OCCCCCCCCCCCBr. The van der Waals surface area contributed by atoms with Crippen LogP contribution in [-0.2, 0) is 4.79 Å². The van der Waals surface area contributed by atoms with Crippen molar-refractivity contribution >= 4 is 21.9 Å². The van der Waals surface area contributed by atoms with Crippen molar-refractivity contribution in [2.24, 2.45) is 0 Å². The Morgan fingerprint density at radius 2 is 1.18 bits per heavy atom. The van der Waals surface area contributed by atoms with Gasteiger partial charge in [0.2, 0.25) is 0 Å². The molecule has 2 N–H and O–H groups in total. The van der Waals surface area contributed by atoms with E-state index in [4.69, 9.17) is 15.0 Å². The maximum Gasteiger partial charge on any atom is 0.300 e. The molecule has 0 saturated carbocycles. The van der Waals surface area contributed by atoms with Crippen LogP contribution in [0.1, 0.15) is 64.7 Å². The molecule has 0 heterocycles. The molecule has 0 aromatic carbocycles. The van der Waals surface area contributed by atoms with Crippen molar-refractivity contribution in [1.29, 1.82) is 0 Å². The number of aliphatic carboxylic acids is 1. The van der Waals surface area contributed by atoms with Crippen LogP contribution in [0.5, 0.6) is 0 Å². The van der Waals surface area contributed by atoms with E-state index in [1.807, 2.05) is 0 Å². The van der Waals surface area contributed by atoms with Gasteiger partial charge in [0.05, 0.1) is 0 Å². The van der Waals surface area contributed by atoms with Crippen molar-refractivity contribution in [3.63, 3.8) is 0 Å². The van der Waals surface area contributed by atoms with Crippen molar-refractivity contribution in [3.05, 3.63) is 0 Å². The third kappa shape index (κ3) is 31.3. The number of hydrogen-bond donors (Lipinski definition) is 2. The van der Waals surface area contributed by atoms with E-state index >= 15 is 0 Å². The molecular formula is C13H27BrO3. The summed E-state index contributed by atoms with van der Waals surface area (Å²) in [6, 6.07) is 0. The van der Waals surface area contributed by atoms with Crippen LogP contribution in [0, 0.1) is 0 Å². The lowest BCUT2D eigenvalue weighted by Gasteiger charge is -2.00. The number of carboxylic acid groups (broad SMARTS) is 1. The van der Waals surface area contributed by atoms with Gasteiger partial charge in [0, 0.05) is 18.9 Å². The second-order valence-corrected chi connectivity index (χ2v) is 4.91. The summed E-state index contributed by atoms with van der Waals surface area (Å²) in [7, 11) is 0. The van der Waals surface area contributed by atoms with Gasteiger partial charge in [0.25, 0.3) is 5.97 Å². The number of aliphatic hydroxyl groups excluding tert-OH is 1. The topological polar surface area (TPSA) is 57.5 Å². The molecule has 0 aliphatic rings. The summed E-state index contributed by atoms with van der Waals surface area (Å²) in [6.07, 6.45) is 11.7. The number of unbranched alkanes of at least 4 members (excludes halogenated alkanes) is 8. The van der Waals surface area contributed by atoms with Crippen molar-refractivity contribution < 1.29 is 15.0 Å². The molecule has 17 heavy (non-hydrogen) atoms. The molecule has 0 radical (unpaired) electrons. The normalized spacial score (nSPS) is 9.59. The standard InChI is InChI=1S/C11H23BrO.C2H4O2/c12-10-8-6-4-2-1-3-5-7-9-11-13;1-2(3)4/h13H,1-11H2;1H3,(H,3,4). The third-order valence-electron chi connectivity index (χ3n) is 2.29. The zero-order chi connectivity index (χ0) is 13.4. The summed E-state index contributed by atoms with van der Waals surface area (Å²) in [4.78, 5) is 9.00. The van der Waals surface area contributed by atoms with Crippen molar-refractivity contribution in [3.8, 4) is 0 Å². The van der Waals surface area contributed by atoms with Gasteiger partial charge in [-0.2, -0.15) is 0 Å². The predicted molar refractivity (Wildman–Crippen MR) is 75.7 cm³/mol. The van der Waals surface area contributed by atoms with Gasteiger partial charge < -0.3 is 10.2 Å². The molecule has 0 aliphatic heterocycles. The first kappa shape index (κ1) is 19.3. The summed E-state index contributed by atoms with van der Waals surface area (Å²) in [5.74, 6) is -0.833. The lowest BCUT2D eigenvalue weighted by atomic mass is 10.1. The highest BCUT2D eigenvalue weighted by Gasteiger charge is 1.91. The van der Waals surface area contributed by atoms with Gasteiger partial charge in [-0.3, -0.25) is 4.79 Å². The maximum absolute atomic E-state index is 9.00. The van der Waals surface area contributed by atoms with E-state index in [0.717, 1.165) is 18.7 Å². The summed E-state index contributed by atoms with van der Waals surface area (Å²) in [6.45, 7) is 1.45. The quantitative estimate of drug-likeness (QED) is 0.474. The number of carbonyl (C=O) groups is 1. The number of carboxylic acids is 1. The minimum Gasteiger partial charge on any atom is -0.481 e. The largest absolute Gasteiger partial charge is 0.481 e. The monoisotopic (exact) mass is 310 g/mol. The number of halogens is 1. The first-order chi connectivity index (χ1) is 8.15. The molecule has 4 heteroatoms. The van der Waals surface area contributed by atoms with Gasteiger partial charge in [-0.05, 0) is 12.8 Å². The average Bonchev–Trinajstić information content (AvgIpc) is 2.26. The molecule has 3 nitrogen and oxygen atoms in total. The fourth-order valence-electron chi connectivity index (χ4n) is 1.44. The van der Waals surface area contributed by atoms with Crippen LogP contribution in [0.2, 0.25) is 0 Å². The Labute approximate surface area is 114 Å². The van der Waals surface area contributed by atoms with Crippen LogP contribution in [0.3, 0.4) is 0 Å². The van der Waals surface area contributed by atoms with Gasteiger partial charge >= 0.3 is 0 Å². The lowest BCUT2D eigenvalue weighted by Crippen LogP contribution is -1.84. The molecule has 0 spiro atoms. The highest BCUT2D eigenvalue weighted by molar-refractivity contribution is 9.09. The molecule has 0 aliphatic carbocycles. The summed E-state index contributed by atoms with van der Waals surface area (Å²) < 4.78 is 0. The Hall–Kier alpha value is -0.0900. The summed E-state index contributed by atoms with van der Waals surface area (Å²) in [5.41, 5.74) is 0. The fourth-order valence-corrected chi connectivity index (χ4v) is 1.84. The number of rotatable bonds is 10. The van der Waals surface area contributed by atoms with E-state index in [-0.39, 0.29) is 0 Å². The van der Waals surface area contributed by atoms with E-state index in [2.05, 4.69) is 15.9 Å². The van der Waals surface area contributed by atoms with Crippen molar-refractivity contribution in [1.82, 2.24) is 0 Å². The van der Waals surface area contributed by atoms with Gasteiger partial charge in [-0.1, -0.05) is 60.9 Å². The second kappa shape index (κ2) is 18.3. The molecule has 0 unspecified atom stereocenters. The Morgan fingerprint density at radius 3 is 1.47 bits per heavy atom. The smallest absolute Gasteiger partial charge is 0.300 e. The Balaban J connectivity index is 0. The summed E-state index contributed by atoms with van der Waals surface area (Å²) >= 11 is 3.44. The zero-order valence-corrected chi connectivity index (χ0v) is 12.5. The van der Waals surface area contributed by atoms with Crippen LogP contribution < -0.4 is 0 Å². The van der Waals surface area contributed by atoms with Crippen LogP contribution in [0.4, 0.5) is 0 Å². The highest BCUT2D eigenvalue weighted by atomic mass is 79.9. The van der Waals surface area contributed by atoms with Crippen LogP contribution in [-0.4, -0.2) is 28.1 Å². The Kier molecular flexibility index (Phi) is 20.7. The van der Waals surface area contributed by atoms with Gasteiger partial charge in [0.1, 0.15) is 0 Å². The number of aliphatic hydroxyl groups is 1. The van der Waals surface area contributed by atoms with Crippen LogP contribution in [0.15, 0.2) is 0 Å². The average molecular weight is 311 g/mol. The van der Waals surface area contributed by atoms with E-state index < -0.39 is 5.97 Å². The molecule has 0 rings (SSSR count). The Bertz CT molecular complexity index is 138. The third-order valence-corrected chi connectivity index (χ3v) is 2.85. The molecule has 0 aromatic rings. The van der Waals surface area contributed by atoms with Crippen molar-refractivity contribution in [2.45, 2.75) is 64.7 Å². The van der Waals surface area contributed by atoms with Crippen LogP contribution in [0.25, 0.3) is 0 Å². The predicted octanol–water partition coefficient (Wildman–Crippen LogP) is 3.98. The molecular weight excluding hydrogens is 284 g/mol. The summed E-state index contributed by atoms with van der Waals surface area (Å²) in [5, 5.41) is 17.1.